The third kappa shape index (κ3) is 5.30. The van der Waals surface area contributed by atoms with Gasteiger partial charge in [-0.2, -0.15) is 0 Å². The van der Waals surface area contributed by atoms with E-state index in [9.17, 15) is 14.4 Å². The summed E-state index contributed by atoms with van der Waals surface area (Å²) in [7, 11) is 0. The molecule has 1 fully saturated rings. The van der Waals surface area contributed by atoms with Crippen LogP contribution in [0.1, 0.15) is 49.0 Å². The molecule has 0 saturated carbocycles. The monoisotopic (exact) mass is 416 g/mol. The molecule has 8 nitrogen and oxygen atoms in total. The van der Waals surface area contributed by atoms with Gasteiger partial charge < -0.3 is 25.2 Å². The van der Waals surface area contributed by atoms with Crippen LogP contribution in [0.3, 0.4) is 0 Å². The number of ether oxygens (including phenoxy) is 1. The Balaban J connectivity index is 1.56. The number of hydrogen-bond donors (Lipinski definition) is 2. The highest BCUT2D eigenvalue weighted by Gasteiger charge is 2.30. The van der Waals surface area contributed by atoms with Crippen molar-refractivity contribution >= 4 is 23.5 Å². The zero-order valence-corrected chi connectivity index (χ0v) is 17.9. The highest BCUT2D eigenvalue weighted by molar-refractivity contribution is 6.01. The minimum Gasteiger partial charge on any atom is -0.464 e. The lowest BCUT2D eigenvalue weighted by molar-refractivity contribution is -0.148. The summed E-state index contributed by atoms with van der Waals surface area (Å²) in [6.07, 6.45) is 2.18. The number of piperazine rings is 1. The first-order valence-electron chi connectivity index (χ1n) is 10.9. The molecule has 1 atom stereocenters. The van der Waals surface area contributed by atoms with Crippen LogP contribution in [-0.4, -0.2) is 68.1 Å². The first-order chi connectivity index (χ1) is 14.5. The van der Waals surface area contributed by atoms with E-state index in [-0.39, 0.29) is 18.4 Å². The molecule has 1 saturated heterocycles. The molecule has 2 aliphatic heterocycles. The van der Waals surface area contributed by atoms with Crippen molar-refractivity contribution in [2.75, 3.05) is 44.2 Å². The smallest absolute Gasteiger partial charge is 0.328 e. The zero-order chi connectivity index (χ0) is 21.5. The number of carbonyl (C=O) groups is 3. The second-order valence-electron chi connectivity index (χ2n) is 7.79. The quantitative estimate of drug-likeness (QED) is 0.466. The first kappa shape index (κ1) is 22.1. The van der Waals surface area contributed by atoms with Gasteiger partial charge in [0.1, 0.15) is 12.6 Å². The van der Waals surface area contributed by atoms with Crippen molar-refractivity contribution in [2.24, 2.45) is 0 Å². The summed E-state index contributed by atoms with van der Waals surface area (Å²) in [5.41, 5.74) is 2.62. The predicted molar refractivity (Wildman–Crippen MR) is 114 cm³/mol. The van der Waals surface area contributed by atoms with Crippen LogP contribution >= 0.6 is 0 Å². The lowest BCUT2D eigenvalue weighted by atomic mass is 10.1. The van der Waals surface area contributed by atoms with E-state index in [1.807, 2.05) is 32.0 Å². The largest absolute Gasteiger partial charge is 0.464 e. The number of benzene rings is 1. The Kier molecular flexibility index (Phi) is 7.68. The van der Waals surface area contributed by atoms with Gasteiger partial charge in [-0.25, -0.2) is 4.79 Å². The fourth-order valence-electron chi connectivity index (χ4n) is 3.76. The van der Waals surface area contributed by atoms with Gasteiger partial charge in [0, 0.05) is 44.0 Å². The number of hydrogen-bond acceptors (Lipinski definition) is 6. The van der Waals surface area contributed by atoms with Crippen LogP contribution in [0.5, 0.6) is 0 Å². The molecule has 8 heteroatoms. The molecule has 2 N–H and O–H groups in total. The van der Waals surface area contributed by atoms with Gasteiger partial charge in [-0.3, -0.25) is 9.59 Å². The van der Waals surface area contributed by atoms with Crippen molar-refractivity contribution in [3.05, 3.63) is 29.3 Å². The molecule has 0 unspecified atom stereocenters. The number of anilines is 1. The van der Waals surface area contributed by atoms with Crippen LogP contribution < -0.4 is 15.5 Å². The minimum atomic E-state index is -0.686. The van der Waals surface area contributed by atoms with Crippen molar-refractivity contribution < 1.29 is 19.1 Å². The van der Waals surface area contributed by atoms with Gasteiger partial charge >= 0.3 is 5.97 Å². The van der Waals surface area contributed by atoms with Gasteiger partial charge in [0.05, 0.1) is 6.61 Å². The highest BCUT2D eigenvalue weighted by Crippen LogP contribution is 2.27. The second kappa shape index (κ2) is 10.4. The molecule has 2 aliphatic rings. The molecule has 2 amide bonds. The van der Waals surface area contributed by atoms with Crippen LogP contribution in [0, 0.1) is 0 Å². The highest BCUT2D eigenvalue weighted by atomic mass is 16.5. The fraction of sp³-hybridized carbons (Fsp3) is 0.591. The standard InChI is InChI=1S/C22H32N4O4/c1-3-5-12-30-22(29)19(4-2)24-20(27)15-26-14-16-6-7-17(13-18(16)21(26)28)25-10-8-23-9-11-25/h6-7,13,19,23H,3-5,8-12,14-15H2,1-2H3,(H,24,27)/t19-/m0/s1. The van der Waals surface area contributed by atoms with Gasteiger partial charge in [-0.05, 0) is 30.5 Å². The molecule has 164 valence electrons. The minimum absolute atomic E-state index is 0.0742. The Hall–Kier alpha value is -2.61. The number of rotatable bonds is 9. The van der Waals surface area contributed by atoms with E-state index in [1.54, 1.807) is 0 Å². The molecule has 1 aromatic carbocycles. The molecule has 30 heavy (non-hydrogen) atoms. The van der Waals surface area contributed by atoms with Gasteiger partial charge in [0.15, 0.2) is 0 Å². The van der Waals surface area contributed by atoms with Gasteiger partial charge in [-0.1, -0.05) is 26.3 Å². The van der Waals surface area contributed by atoms with E-state index in [0.29, 0.717) is 25.1 Å². The summed E-state index contributed by atoms with van der Waals surface area (Å²) >= 11 is 0. The number of amides is 2. The van der Waals surface area contributed by atoms with Gasteiger partial charge in [0.25, 0.3) is 5.91 Å². The average molecular weight is 417 g/mol. The Morgan fingerprint density at radius 1 is 1.23 bits per heavy atom. The number of nitrogens with zero attached hydrogens (tertiary/aromatic N) is 2. The van der Waals surface area contributed by atoms with Crippen LogP contribution in [0.15, 0.2) is 18.2 Å². The maximum absolute atomic E-state index is 12.9. The molecule has 3 rings (SSSR count). The van der Waals surface area contributed by atoms with Gasteiger partial charge in [0.2, 0.25) is 5.91 Å². The van der Waals surface area contributed by atoms with E-state index in [0.717, 1.165) is 50.3 Å². The Morgan fingerprint density at radius 2 is 2.00 bits per heavy atom. The van der Waals surface area contributed by atoms with E-state index in [1.165, 1.54) is 4.90 Å². The van der Waals surface area contributed by atoms with Crippen molar-refractivity contribution in [2.45, 2.75) is 45.7 Å². The first-order valence-corrected chi connectivity index (χ1v) is 10.9. The third-order valence-electron chi connectivity index (χ3n) is 5.56. The lowest BCUT2D eigenvalue weighted by Gasteiger charge is -2.29. The van der Waals surface area contributed by atoms with E-state index in [4.69, 9.17) is 4.74 Å². The van der Waals surface area contributed by atoms with Crippen molar-refractivity contribution in [1.82, 2.24) is 15.5 Å². The van der Waals surface area contributed by atoms with Crippen LogP contribution in [-0.2, 0) is 20.9 Å². The normalized spacial score (nSPS) is 16.9. The van der Waals surface area contributed by atoms with Gasteiger partial charge in [-0.15, -0.1) is 0 Å². The SMILES string of the molecule is CCCCOC(=O)[C@H](CC)NC(=O)CN1Cc2ccc(N3CCNCC3)cc2C1=O. The van der Waals surface area contributed by atoms with Crippen molar-refractivity contribution in [3.8, 4) is 0 Å². The summed E-state index contributed by atoms with van der Waals surface area (Å²) in [6, 6.07) is 5.26. The maximum atomic E-state index is 12.9. The van der Waals surface area contributed by atoms with Crippen LogP contribution in [0.2, 0.25) is 0 Å². The number of nitrogens with one attached hydrogen (secondary N) is 2. The Bertz CT molecular complexity index is 776. The lowest BCUT2D eigenvalue weighted by Crippen LogP contribution is -2.46. The molecule has 2 heterocycles. The number of carbonyl (C=O) groups excluding carboxylic acids is 3. The molecule has 0 bridgehead atoms. The maximum Gasteiger partial charge on any atom is 0.328 e. The van der Waals surface area contributed by atoms with Crippen molar-refractivity contribution in [1.29, 1.82) is 0 Å². The predicted octanol–water partition coefficient (Wildman–Crippen LogP) is 1.29. The van der Waals surface area contributed by atoms with Crippen LogP contribution in [0.4, 0.5) is 5.69 Å². The molecular formula is C22H32N4O4. The summed E-state index contributed by atoms with van der Waals surface area (Å²) in [6.45, 7) is 8.20. The Labute approximate surface area is 177 Å². The molecular weight excluding hydrogens is 384 g/mol. The van der Waals surface area contributed by atoms with Crippen molar-refractivity contribution in [3.63, 3.8) is 0 Å². The van der Waals surface area contributed by atoms with Crippen LogP contribution in [0.25, 0.3) is 0 Å². The number of fused-ring (bicyclic) bond motifs is 1. The molecule has 1 aromatic rings. The summed E-state index contributed by atoms with van der Waals surface area (Å²) < 4.78 is 5.21. The summed E-state index contributed by atoms with van der Waals surface area (Å²) in [4.78, 5) is 41.2. The number of esters is 1. The van der Waals surface area contributed by atoms with E-state index in [2.05, 4.69) is 15.5 Å². The summed E-state index contributed by atoms with van der Waals surface area (Å²) in [5, 5.41) is 6.03. The molecule has 0 spiro atoms. The molecule has 0 aromatic heterocycles. The van der Waals surface area contributed by atoms with E-state index >= 15 is 0 Å². The molecule has 0 radical (unpaired) electrons. The summed E-state index contributed by atoms with van der Waals surface area (Å²) in [5.74, 6) is -0.913. The fourth-order valence-corrected chi connectivity index (χ4v) is 3.76. The molecule has 0 aliphatic carbocycles. The zero-order valence-electron chi connectivity index (χ0n) is 17.9. The topological polar surface area (TPSA) is 91.0 Å². The average Bonchev–Trinajstić information content (AvgIpc) is 3.07. The second-order valence-corrected chi connectivity index (χ2v) is 7.79. The Morgan fingerprint density at radius 3 is 2.70 bits per heavy atom. The van der Waals surface area contributed by atoms with E-state index < -0.39 is 12.0 Å². The third-order valence-corrected chi connectivity index (χ3v) is 5.56. The number of unbranched alkanes of at least 4 members (excludes halogenated alkanes) is 1.